The standard InChI is InChI=1S/C12H26N2O/c1-10(15-4)12(2,9-13)14(3)11-7-5-6-8-11/h10-11H,5-9,13H2,1-4H3. The van der Waals surface area contributed by atoms with Crippen LogP contribution in [0.5, 0.6) is 0 Å². The molecule has 1 rings (SSSR count). The van der Waals surface area contributed by atoms with Crippen LogP contribution in [0.2, 0.25) is 0 Å². The second kappa shape index (κ2) is 5.28. The zero-order valence-electron chi connectivity index (χ0n) is 10.6. The SMILES string of the molecule is COC(C)C(C)(CN)N(C)C1CCCC1. The molecule has 1 fully saturated rings. The lowest BCUT2D eigenvalue weighted by Crippen LogP contribution is -2.60. The summed E-state index contributed by atoms with van der Waals surface area (Å²) in [5.74, 6) is 0. The van der Waals surface area contributed by atoms with Crippen molar-refractivity contribution in [3.05, 3.63) is 0 Å². The van der Waals surface area contributed by atoms with E-state index in [-0.39, 0.29) is 11.6 Å². The minimum Gasteiger partial charge on any atom is -0.380 e. The van der Waals surface area contributed by atoms with Crippen molar-refractivity contribution < 1.29 is 4.74 Å². The number of methoxy groups -OCH3 is 1. The molecule has 0 bridgehead atoms. The molecule has 0 radical (unpaired) electrons. The van der Waals surface area contributed by atoms with Gasteiger partial charge < -0.3 is 10.5 Å². The molecule has 1 aliphatic carbocycles. The predicted molar refractivity (Wildman–Crippen MR) is 63.9 cm³/mol. The van der Waals surface area contributed by atoms with Gasteiger partial charge in [0, 0.05) is 19.7 Å². The van der Waals surface area contributed by atoms with Gasteiger partial charge in [-0.25, -0.2) is 0 Å². The number of hydrogen-bond acceptors (Lipinski definition) is 3. The number of hydrogen-bond donors (Lipinski definition) is 1. The van der Waals surface area contributed by atoms with Crippen molar-refractivity contribution in [2.75, 3.05) is 20.7 Å². The van der Waals surface area contributed by atoms with E-state index in [0.29, 0.717) is 12.6 Å². The lowest BCUT2D eigenvalue weighted by molar-refractivity contribution is -0.0365. The van der Waals surface area contributed by atoms with Crippen LogP contribution in [0.25, 0.3) is 0 Å². The molecule has 0 aliphatic heterocycles. The number of nitrogens with two attached hydrogens (primary N) is 1. The molecule has 0 spiro atoms. The van der Waals surface area contributed by atoms with Gasteiger partial charge in [0.2, 0.25) is 0 Å². The van der Waals surface area contributed by atoms with Gasteiger partial charge in [-0.1, -0.05) is 12.8 Å². The molecular weight excluding hydrogens is 188 g/mol. The highest BCUT2D eigenvalue weighted by atomic mass is 16.5. The Morgan fingerprint density at radius 3 is 2.40 bits per heavy atom. The van der Waals surface area contributed by atoms with Crippen molar-refractivity contribution in [3.8, 4) is 0 Å². The molecule has 0 aromatic heterocycles. The van der Waals surface area contributed by atoms with E-state index in [4.69, 9.17) is 10.5 Å². The predicted octanol–water partition coefficient (Wildman–Crippen LogP) is 1.61. The average molecular weight is 214 g/mol. The smallest absolute Gasteiger partial charge is 0.0736 e. The molecule has 2 unspecified atom stereocenters. The number of rotatable bonds is 5. The molecule has 2 atom stereocenters. The molecule has 2 N–H and O–H groups in total. The summed E-state index contributed by atoms with van der Waals surface area (Å²) in [6.07, 6.45) is 5.51. The van der Waals surface area contributed by atoms with Gasteiger partial charge in [0.05, 0.1) is 11.6 Å². The molecule has 0 heterocycles. The largest absolute Gasteiger partial charge is 0.380 e. The summed E-state index contributed by atoms with van der Waals surface area (Å²) in [4.78, 5) is 2.44. The van der Waals surface area contributed by atoms with Crippen LogP contribution in [-0.2, 0) is 4.74 Å². The maximum Gasteiger partial charge on any atom is 0.0736 e. The molecule has 3 heteroatoms. The Hall–Kier alpha value is -0.120. The summed E-state index contributed by atoms with van der Waals surface area (Å²) in [5.41, 5.74) is 5.89. The van der Waals surface area contributed by atoms with Crippen LogP contribution in [0.15, 0.2) is 0 Å². The van der Waals surface area contributed by atoms with Crippen molar-refractivity contribution in [1.29, 1.82) is 0 Å². The topological polar surface area (TPSA) is 38.5 Å². The van der Waals surface area contributed by atoms with Gasteiger partial charge in [-0.05, 0) is 33.7 Å². The van der Waals surface area contributed by atoms with E-state index in [0.717, 1.165) is 0 Å². The first kappa shape index (κ1) is 12.9. The average Bonchev–Trinajstić information content (AvgIpc) is 2.79. The molecule has 1 saturated carbocycles. The van der Waals surface area contributed by atoms with Crippen LogP contribution < -0.4 is 5.73 Å². The summed E-state index contributed by atoms with van der Waals surface area (Å²) in [6.45, 7) is 4.97. The Morgan fingerprint density at radius 1 is 1.47 bits per heavy atom. The molecular formula is C12H26N2O. The third kappa shape index (κ3) is 2.52. The van der Waals surface area contributed by atoms with Gasteiger partial charge >= 0.3 is 0 Å². The molecule has 0 aromatic carbocycles. The van der Waals surface area contributed by atoms with Crippen molar-refractivity contribution in [2.45, 2.75) is 57.2 Å². The molecule has 0 amide bonds. The number of likely N-dealkylation sites (N-methyl/N-ethyl adjacent to an activating group) is 1. The van der Waals surface area contributed by atoms with Gasteiger partial charge in [-0.2, -0.15) is 0 Å². The summed E-state index contributed by atoms with van der Waals surface area (Å²) in [5, 5.41) is 0. The third-order valence-corrected chi connectivity index (χ3v) is 4.32. The van der Waals surface area contributed by atoms with Gasteiger partial charge in [-0.15, -0.1) is 0 Å². The van der Waals surface area contributed by atoms with Gasteiger partial charge in [-0.3, -0.25) is 4.90 Å². The van der Waals surface area contributed by atoms with Crippen molar-refractivity contribution in [2.24, 2.45) is 5.73 Å². The van der Waals surface area contributed by atoms with Crippen molar-refractivity contribution >= 4 is 0 Å². The summed E-state index contributed by atoms with van der Waals surface area (Å²) < 4.78 is 5.47. The number of ether oxygens (including phenoxy) is 1. The third-order valence-electron chi connectivity index (χ3n) is 4.32. The Labute approximate surface area is 94.0 Å². The van der Waals surface area contributed by atoms with Gasteiger partial charge in [0.15, 0.2) is 0 Å². The van der Waals surface area contributed by atoms with E-state index in [1.54, 1.807) is 7.11 Å². The Morgan fingerprint density at radius 2 is 2.00 bits per heavy atom. The van der Waals surface area contributed by atoms with E-state index in [9.17, 15) is 0 Å². The van der Waals surface area contributed by atoms with Crippen molar-refractivity contribution in [1.82, 2.24) is 4.90 Å². The monoisotopic (exact) mass is 214 g/mol. The fourth-order valence-corrected chi connectivity index (χ4v) is 2.56. The van der Waals surface area contributed by atoms with Crippen molar-refractivity contribution in [3.63, 3.8) is 0 Å². The summed E-state index contributed by atoms with van der Waals surface area (Å²) in [6, 6.07) is 0.691. The maximum atomic E-state index is 5.93. The van der Waals surface area contributed by atoms with Crippen LogP contribution in [0, 0.1) is 0 Å². The second-order valence-corrected chi connectivity index (χ2v) is 4.99. The Kier molecular flexibility index (Phi) is 4.56. The van der Waals surface area contributed by atoms with E-state index < -0.39 is 0 Å². The zero-order chi connectivity index (χ0) is 11.5. The maximum absolute atomic E-state index is 5.93. The molecule has 15 heavy (non-hydrogen) atoms. The first-order valence-corrected chi connectivity index (χ1v) is 6.02. The Balaban J connectivity index is 2.70. The highest BCUT2D eigenvalue weighted by Crippen LogP contribution is 2.29. The fourth-order valence-electron chi connectivity index (χ4n) is 2.56. The van der Waals surface area contributed by atoms with Crippen LogP contribution in [-0.4, -0.2) is 43.3 Å². The van der Waals surface area contributed by atoms with E-state index in [2.05, 4.69) is 25.8 Å². The minimum absolute atomic E-state index is 0.0379. The lowest BCUT2D eigenvalue weighted by atomic mass is 9.92. The molecule has 90 valence electrons. The fraction of sp³-hybridized carbons (Fsp3) is 1.00. The zero-order valence-corrected chi connectivity index (χ0v) is 10.6. The second-order valence-electron chi connectivity index (χ2n) is 4.99. The lowest BCUT2D eigenvalue weighted by Gasteiger charge is -2.45. The highest BCUT2D eigenvalue weighted by Gasteiger charge is 2.38. The Bertz CT molecular complexity index is 192. The van der Waals surface area contributed by atoms with Gasteiger partial charge in [0.1, 0.15) is 0 Å². The molecule has 0 saturated heterocycles. The summed E-state index contributed by atoms with van der Waals surface area (Å²) in [7, 11) is 3.96. The van der Waals surface area contributed by atoms with Crippen LogP contribution in [0.4, 0.5) is 0 Å². The van der Waals surface area contributed by atoms with E-state index in [1.807, 2.05) is 0 Å². The quantitative estimate of drug-likeness (QED) is 0.755. The summed E-state index contributed by atoms with van der Waals surface area (Å²) >= 11 is 0. The minimum atomic E-state index is -0.0379. The molecule has 3 nitrogen and oxygen atoms in total. The van der Waals surface area contributed by atoms with E-state index >= 15 is 0 Å². The first-order chi connectivity index (χ1) is 7.06. The first-order valence-electron chi connectivity index (χ1n) is 6.02. The van der Waals surface area contributed by atoms with Crippen LogP contribution in [0.3, 0.4) is 0 Å². The van der Waals surface area contributed by atoms with E-state index in [1.165, 1.54) is 25.7 Å². The van der Waals surface area contributed by atoms with Crippen LogP contribution >= 0.6 is 0 Å². The normalized spacial score (nSPS) is 24.4. The molecule has 0 aromatic rings. The van der Waals surface area contributed by atoms with Crippen LogP contribution in [0.1, 0.15) is 39.5 Å². The van der Waals surface area contributed by atoms with Gasteiger partial charge in [0.25, 0.3) is 0 Å². The highest BCUT2D eigenvalue weighted by molar-refractivity contribution is 4.95. The number of nitrogens with zero attached hydrogens (tertiary/aromatic N) is 1. The molecule has 1 aliphatic rings.